The van der Waals surface area contributed by atoms with E-state index in [0.717, 1.165) is 45.3 Å². The number of piperidine rings is 1. The van der Waals surface area contributed by atoms with Gasteiger partial charge in [0.15, 0.2) is 5.78 Å². The molecule has 2 saturated heterocycles. The van der Waals surface area contributed by atoms with Crippen LogP contribution in [0.4, 0.5) is 4.39 Å². The van der Waals surface area contributed by atoms with Gasteiger partial charge in [-0.25, -0.2) is 4.39 Å². The first kappa shape index (κ1) is 17.1. The van der Waals surface area contributed by atoms with Crippen molar-refractivity contribution in [2.75, 3.05) is 26.2 Å². The van der Waals surface area contributed by atoms with Crippen molar-refractivity contribution in [3.05, 3.63) is 35.6 Å². The Labute approximate surface area is 142 Å². The highest BCUT2D eigenvalue weighted by Gasteiger charge is 2.33. The average Bonchev–Trinajstić information content (AvgIpc) is 3.15. The fraction of sp³-hybridized carbons (Fsp3) is 0.579. The predicted molar refractivity (Wildman–Crippen MR) is 90.3 cm³/mol. The van der Waals surface area contributed by atoms with Crippen LogP contribution >= 0.6 is 0 Å². The smallest absolute Gasteiger partial charge is 0.239 e. The Morgan fingerprint density at radius 3 is 2.42 bits per heavy atom. The third-order valence-electron chi connectivity index (χ3n) is 5.28. The van der Waals surface area contributed by atoms with Crippen molar-refractivity contribution in [1.82, 2.24) is 9.80 Å². The van der Waals surface area contributed by atoms with Crippen molar-refractivity contribution in [2.45, 2.75) is 38.6 Å². The monoisotopic (exact) mass is 332 g/mol. The normalized spacial score (nSPS) is 23.2. The first-order valence-electron chi connectivity index (χ1n) is 8.89. The molecule has 3 rings (SSSR count). The molecule has 0 spiro atoms. The maximum absolute atomic E-state index is 13.0. The van der Waals surface area contributed by atoms with E-state index in [1.54, 1.807) is 12.1 Å². The van der Waals surface area contributed by atoms with Crippen LogP contribution in [-0.2, 0) is 4.79 Å². The predicted octanol–water partition coefficient (Wildman–Crippen LogP) is 2.73. The number of carbonyl (C=O) groups is 2. The quantitative estimate of drug-likeness (QED) is 0.796. The number of carbonyl (C=O) groups excluding carboxylic acids is 2. The van der Waals surface area contributed by atoms with Crippen LogP contribution in [0.2, 0.25) is 0 Å². The summed E-state index contributed by atoms with van der Waals surface area (Å²) in [5.74, 6) is -0.206. The number of hydrogen-bond acceptors (Lipinski definition) is 3. The minimum absolute atomic E-state index is 0.0560. The van der Waals surface area contributed by atoms with Crippen molar-refractivity contribution >= 4 is 11.7 Å². The van der Waals surface area contributed by atoms with Crippen molar-refractivity contribution in [2.24, 2.45) is 5.92 Å². The molecule has 2 aliphatic rings. The number of Topliss-reactive ketones (excluding diaryl/α,β-unsaturated/α-hetero) is 1. The number of halogens is 1. The van der Waals surface area contributed by atoms with Gasteiger partial charge in [0.25, 0.3) is 0 Å². The van der Waals surface area contributed by atoms with Crippen LogP contribution in [0.3, 0.4) is 0 Å². The molecule has 0 aliphatic carbocycles. The maximum atomic E-state index is 13.0. The zero-order valence-corrected chi connectivity index (χ0v) is 14.2. The molecule has 2 atom stereocenters. The lowest BCUT2D eigenvalue weighted by atomic mass is 9.89. The number of ketones is 1. The zero-order chi connectivity index (χ0) is 17.1. The van der Waals surface area contributed by atoms with Crippen molar-refractivity contribution in [3.8, 4) is 0 Å². The van der Waals surface area contributed by atoms with Gasteiger partial charge in [0.05, 0.1) is 6.04 Å². The summed E-state index contributed by atoms with van der Waals surface area (Å²) in [6, 6.07) is 5.58. The Kier molecular flexibility index (Phi) is 5.29. The van der Waals surface area contributed by atoms with E-state index < -0.39 is 0 Å². The maximum Gasteiger partial charge on any atom is 0.239 e. The van der Waals surface area contributed by atoms with Crippen LogP contribution < -0.4 is 0 Å². The Morgan fingerprint density at radius 2 is 1.75 bits per heavy atom. The first-order chi connectivity index (χ1) is 11.6. The molecule has 130 valence electrons. The van der Waals surface area contributed by atoms with Crippen molar-refractivity contribution < 1.29 is 14.0 Å². The van der Waals surface area contributed by atoms with Gasteiger partial charge in [0, 0.05) is 31.1 Å². The molecular formula is C19H25FN2O2. The second-order valence-corrected chi connectivity index (χ2v) is 6.91. The summed E-state index contributed by atoms with van der Waals surface area (Å²) in [6.07, 6.45) is 3.92. The Bertz CT molecular complexity index is 596. The van der Waals surface area contributed by atoms with E-state index in [-0.39, 0.29) is 29.5 Å². The molecule has 0 radical (unpaired) electrons. The Hall–Kier alpha value is -1.75. The summed E-state index contributed by atoms with van der Waals surface area (Å²) in [7, 11) is 0. The third-order valence-corrected chi connectivity index (χ3v) is 5.28. The van der Waals surface area contributed by atoms with Crippen molar-refractivity contribution in [3.63, 3.8) is 0 Å². The molecule has 1 aromatic rings. The molecule has 0 bridgehead atoms. The molecule has 0 saturated carbocycles. The minimum Gasteiger partial charge on any atom is -0.341 e. The lowest BCUT2D eigenvalue weighted by Crippen LogP contribution is -2.50. The summed E-state index contributed by atoms with van der Waals surface area (Å²) >= 11 is 0. The molecule has 0 aromatic heterocycles. The highest BCUT2D eigenvalue weighted by Crippen LogP contribution is 2.24. The van der Waals surface area contributed by atoms with E-state index in [2.05, 4.69) is 4.90 Å². The van der Waals surface area contributed by atoms with Gasteiger partial charge in [-0.2, -0.15) is 0 Å². The number of nitrogens with zero attached hydrogens (tertiary/aromatic N) is 2. The molecule has 5 heteroatoms. The summed E-state index contributed by atoms with van der Waals surface area (Å²) in [5, 5.41) is 0. The highest BCUT2D eigenvalue weighted by molar-refractivity contribution is 5.98. The second-order valence-electron chi connectivity index (χ2n) is 6.91. The van der Waals surface area contributed by atoms with Gasteiger partial charge in [0.2, 0.25) is 5.91 Å². The SMILES string of the molecule is C[C@H](C(=O)N1CCCC1)N1CCC[C@H](C(=O)c2ccc(F)cc2)C1. The van der Waals surface area contributed by atoms with E-state index in [4.69, 9.17) is 0 Å². The van der Waals surface area contributed by atoms with Crippen LogP contribution in [0.25, 0.3) is 0 Å². The summed E-state index contributed by atoms with van der Waals surface area (Å²) in [5.41, 5.74) is 0.557. The number of benzene rings is 1. The number of amides is 1. The van der Waals surface area contributed by atoms with Gasteiger partial charge < -0.3 is 4.90 Å². The van der Waals surface area contributed by atoms with Gasteiger partial charge in [0.1, 0.15) is 5.82 Å². The van der Waals surface area contributed by atoms with E-state index in [9.17, 15) is 14.0 Å². The van der Waals surface area contributed by atoms with Gasteiger partial charge in [-0.1, -0.05) is 0 Å². The fourth-order valence-corrected chi connectivity index (χ4v) is 3.78. The third kappa shape index (κ3) is 3.66. The molecule has 1 amide bonds. The van der Waals surface area contributed by atoms with Crippen LogP contribution in [0, 0.1) is 11.7 Å². The highest BCUT2D eigenvalue weighted by atomic mass is 19.1. The lowest BCUT2D eigenvalue weighted by molar-refractivity contribution is -0.135. The Balaban J connectivity index is 1.64. The van der Waals surface area contributed by atoms with Gasteiger partial charge in [-0.05, 0) is 63.4 Å². The molecule has 2 fully saturated rings. The lowest BCUT2D eigenvalue weighted by Gasteiger charge is -2.36. The number of rotatable bonds is 4. The largest absolute Gasteiger partial charge is 0.341 e. The summed E-state index contributed by atoms with van der Waals surface area (Å²) in [6.45, 7) is 5.13. The summed E-state index contributed by atoms with van der Waals surface area (Å²) in [4.78, 5) is 29.3. The van der Waals surface area contributed by atoms with E-state index in [1.807, 2.05) is 11.8 Å². The van der Waals surface area contributed by atoms with Crippen LogP contribution in [0.15, 0.2) is 24.3 Å². The number of hydrogen-bond donors (Lipinski definition) is 0. The molecule has 0 unspecified atom stereocenters. The van der Waals surface area contributed by atoms with Gasteiger partial charge in [-0.15, -0.1) is 0 Å². The second kappa shape index (κ2) is 7.43. The topological polar surface area (TPSA) is 40.6 Å². The minimum atomic E-state index is -0.332. The van der Waals surface area contributed by atoms with E-state index >= 15 is 0 Å². The van der Waals surface area contributed by atoms with Gasteiger partial charge in [-0.3, -0.25) is 14.5 Å². The zero-order valence-electron chi connectivity index (χ0n) is 14.2. The van der Waals surface area contributed by atoms with E-state index in [0.29, 0.717) is 12.1 Å². The molecule has 1 aromatic carbocycles. The molecule has 24 heavy (non-hydrogen) atoms. The molecule has 2 heterocycles. The van der Waals surface area contributed by atoms with Crippen LogP contribution in [0.1, 0.15) is 43.0 Å². The Morgan fingerprint density at radius 1 is 1.08 bits per heavy atom. The van der Waals surface area contributed by atoms with Crippen LogP contribution in [0.5, 0.6) is 0 Å². The molecule has 4 nitrogen and oxygen atoms in total. The van der Waals surface area contributed by atoms with Crippen LogP contribution in [-0.4, -0.2) is 53.7 Å². The average molecular weight is 332 g/mol. The standard InChI is InChI=1S/C19H25FN2O2/c1-14(19(24)21-10-2-3-11-21)22-12-4-5-16(13-22)18(23)15-6-8-17(20)9-7-15/h6-9,14,16H,2-5,10-13H2,1H3/t14-,16+/m1/s1. The molecule has 2 aliphatic heterocycles. The number of likely N-dealkylation sites (tertiary alicyclic amines) is 2. The van der Waals surface area contributed by atoms with Gasteiger partial charge >= 0.3 is 0 Å². The molecular weight excluding hydrogens is 307 g/mol. The first-order valence-corrected chi connectivity index (χ1v) is 8.89. The summed E-state index contributed by atoms with van der Waals surface area (Å²) < 4.78 is 13.0. The van der Waals surface area contributed by atoms with E-state index in [1.165, 1.54) is 12.1 Å². The van der Waals surface area contributed by atoms with Crippen molar-refractivity contribution in [1.29, 1.82) is 0 Å². The fourth-order valence-electron chi connectivity index (χ4n) is 3.78. The molecule has 0 N–H and O–H groups in total.